The van der Waals surface area contributed by atoms with E-state index in [4.69, 9.17) is 18.9 Å². The SMILES string of the molecule is CCOC(=O)Cc1csc(NN=Cc2ccc(OCc3cccc(OC)c3)c(OC)c2)n1. The summed E-state index contributed by atoms with van der Waals surface area (Å²) >= 11 is 1.36. The molecule has 0 aliphatic rings. The Bertz CT molecular complexity index is 1070. The summed E-state index contributed by atoms with van der Waals surface area (Å²) in [6.07, 6.45) is 1.80. The van der Waals surface area contributed by atoms with Gasteiger partial charge in [0.2, 0.25) is 5.13 Å². The predicted molar refractivity (Wildman–Crippen MR) is 124 cm³/mol. The first-order chi connectivity index (χ1) is 15.6. The first kappa shape index (κ1) is 23.1. The van der Waals surface area contributed by atoms with E-state index < -0.39 is 0 Å². The van der Waals surface area contributed by atoms with Crippen LogP contribution in [0.1, 0.15) is 23.7 Å². The number of thiazole rings is 1. The lowest BCUT2D eigenvalue weighted by molar-refractivity contribution is -0.142. The molecule has 0 radical (unpaired) electrons. The van der Waals surface area contributed by atoms with Crippen LogP contribution in [0.2, 0.25) is 0 Å². The van der Waals surface area contributed by atoms with Gasteiger partial charge < -0.3 is 18.9 Å². The lowest BCUT2D eigenvalue weighted by Crippen LogP contribution is -2.07. The topological polar surface area (TPSA) is 91.3 Å². The van der Waals surface area contributed by atoms with E-state index in [2.05, 4.69) is 15.5 Å². The number of nitrogens with one attached hydrogen (secondary N) is 1. The number of hydrazone groups is 1. The summed E-state index contributed by atoms with van der Waals surface area (Å²) in [5.41, 5.74) is 5.33. The Kier molecular flexibility index (Phi) is 8.44. The van der Waals surface area contributed by atoms with E-state index in [0.29, 0.717) is 35.5 Å². The molecule has 0 saturated heterocycles. The molecule has 0 fully saturated rings. The monoisotopic (exact) mass is 455 g/mol. The van der Waals surface area contributed by atoms with Crippen LogP contribution in [0.4, 0.5) is 5.13 Å². The molecule has 32 heavy (non-hydrogen) atoms. The van der Waals surface area contributed by atoms with Gasteiger partial charge in [-0.15, -0.1) is 11.3 Å². The van der Waals surface area contributed by atoms with Gasteiger partial charge in [-0.2, -0.15) is 5.10 Å². The molecule has 0 unspecified atom stereocenters. The molecular weight excluding hydrogens is 430 g/mol. The van der Waals surface area contributed by atoms with Gasteiger partial charge in [0.15, 0.2) is 11.5 Å². The van der Waals surface area contributed by atoms with Gasteiger partial charge in [-0.3, -0.25) is 10.2 Å². The fourth-order valence-corrected chi connectivity index (χ4v) is 3.43. The molecule has 0 spiro atoms. The van der Waals surface area contributed by atoms with Crippen LogP contribution in [0.3, 0.4) is 0 Å². The highest BCUT2D eigenvalue weighted by Crippen LogP contribution is 2.28. The number of carbonyl (C=O) groups is 1. The molecule has 3 aromatic rings. The van der Waals surface area contributed by atoms with Gasteiger partial charge >= 0.3 is 5.97 Å². The summed E-state index contributed by atoms with van der Waals surface area (Å²) < 4.78 is 21.5. The molecule has 1 N–H and O–H groups in total. The molecule has 0 saturated carbocycles. The summed E-state index contributed by atoms with van der Waals surface area (Å²) in [5, 5.41) is 6.59. The fraction of sp³-hybridized carbons (Fsp3) is 0.261. The van der Waals surface area contributed by atoms with Crippen molar-refractivity contribution < 1.29 is 23.7 Å². The number of nitrogens with zero attached hydrogens (tertiary/aromatic N) is 2. The Labute approximate surface area is 190 Å². The molecule has 8 nitrogen and oxygen atoms in total. The van der Waals surface area contributed by atoms with Crippen LogP contribution in [0.15, 0.2) is 52.9 Å². The summed E-state index contributed by atoms with van der Waals surface area (Å²) in [6, 6.07) is 13.3. The Morgan fingerprint density at radius 1 is 1.16 bits per heavy atom. The first-order valence-corrected chi connectivity index (χ1v) is 10.8. The Morgan fingerprint density at radius 2 is 2.03 bits per heavy atom. The number of hydrogen-bond donors (Lipinski definition) is 1. The molecule has 9 heteroatoms. The Balaban J connectivity index is 1.57. The average Bonchev–Trinajstić information content (AvgIpc) is 3.25. The molecular formula is C23H25N3O5S. The van der Waals surface area contributed by atoms with Gasteiger partial charge in [-0.25, -0.2) is 4.98 Å². The third-order valence-electron chi connectivity index (χ3n) is 4.27. The standard InChI is InChI=1S/C23H25N3O5S/c1-4-30-22(27)12-18-15-32-23(25-18)26-24-13-16-8-9-20(21(11-16)29-3)31-14-17-6-5-7-19(10-17)28-2/h5-11,13,15H,4,12,14H2,1-3H3,(H,25,26). The highest BCUT2D eigenvalue weighted by molar-refractivity contribution is 7.13. The number of hydrogen-bond acceptors (Lipinski definition) is 9. The Hall–Kier alpha value is -3.59. The van der Waals surface area contributed by atoms with Crippen molar-refractivity contribution in [3.63, 3.8) is 0 Å². The third kappa shape index (κ3) is 6.71. The molecule has 0 aliphatic heterocycles. The molecule has 0 atom stereocenters. The van der Waals surface area contributed by atoms with Crippen molar-refractivity contribution in [1.82, 2.24) is 4.98 Å². The van der Waals surface area contributed by atoms with E-state index in [1.165, 1.54) is 11.3 Å². The minimum Gasteiger partial charge on any atom is -0.497 e. The molecule has 1 heterocycles. The normalized spacial score (nSPS) is 10.7. The van der Waals surface area contributed by atoms with E-state index in [0.717, 1.165) is 16.9 Å². The van der Waals surface area contributed by atoms with Crippen molar-refractivity contribution in [3.8, 4) is 17.2 Å². The molecule has 1 aromatic heterocycles. The lowest BCUT2D eigenvalue weighted by atomic mass is 10.2. The minimum absolute atomic E-state index is 0.143. The third-order valence-corrected chi connectivity index (χ3v) is 5.07. The minimum atomic E-state index is -0.298. The molecule has 0 amide bonds. The zero-order valence-corrected chi connectivity index (χ0v) is 19.0. The highest BCUT2D eigenvalue weighted by atomic mass is 32.1. The van der Waals surface area contributed by atoms with Gasteiger partial charge in [-0.1, -0.05) is 12.1 Å². The number of anilines is 1. The second-order valence-electron chi connectivity index (χ2n) is 6.55. The van der Waals surface area contributed by atoms with Crippen LogP contribution < -0.4 is 19.6 Å². The smallest absolute Gasteiger partial charge is 0.311 e. The van der Waals surface area contributed by atoms with Crippen molar-refractivity contribution in [2.24, 2.45) is 5.10 Å². The number of ether oxygens (including phenoxy) is 4. The largest absolute Gasteiger partial charge is 0.497 e. The predicted octanol–water partition coefficient (Wildman–Crippen LogP) is 4.29. The van der Waals surface area contributed by atoms with Gasteiger partial charge in [0.25, 0.3) is 0 Å². The van der Waals surface area contributed by atoms with Gasteiger partial charge in [0.1, 0.15) is 12.4 Å². The van der Waals surface area contributed by atoms with Crippen LogP contribution >= 0.6 is 11.3 Å². The van der Waals surface area contributed by atoms with Gasteiger partial charge in [0.05, 0.1) is 39.2 Å². The molecule has 0 bridgehead atoms. The van der Waals surface area contributed by atoms with Crippen molar-refractivity contribution in [3.05, 3.63) is 64.7 Å². The number of carbonyl (C=O) groups excluding carboxylic acids is 1. The number of benzene rings is 2. The number of esters is 1. The lowest BCUT2D eigenvalue weighted by Gasteiger charge is -2.12. The second-order valence-corrected chi connectivity index (χ2v) is 7.40. The maximum atomic E-state index is 11.5. The number of methoxy groups -OCH3 is 2. The van der Waals surface area contributed by atoms with Crippen LogP contribution in [0, 0.1) is 0 Å². The van der Waals surface area contributed by atoms with E-state index in [1.807, 2.05) is 42.5 Å². The first-order valence-electron chi connectivity index (χ1n) is 9.94. The van der Waals surface area contributed by atoms with Crippen molar-refractivity contribution in [2.45, 2.75) is 20.0 Å². The average molecular weight is 456 g/mol. The van der Waals surface area contributed by atoms with Gasteiger partial charge in [-0.05, 0) is 48.4 Å². The summed E-state index contributed by atoms with van der Waals surface area (Å²) in [6.45, 7) is 2.52. The summed E-state index contributed by atoms with van der Waals surface area (Å²) in [4.78, 5) is 15.8. The summed E-state index contributed by atoms with van der Waals surface area (Å²) in [5.74, 6) is 1.71. The maximum Gasteiger partial charge on any atom is 0.311 e. The van der Waals surface area contributed by atoms with E-state index in [-0.39, 0.29) is 12.4 Å². The zero-order chi connectivity index (χ0) is 22.8. The quantitative estimate of drug-likeness (QED) is 0.262. The Morgan fingerprint density at radius 3 is 2.81 bits per heavy atom. The van der Waals surface area contributed by atoms with Crippen molar-refractivity contribution in [2.75, 3.05) is 26.3 Å². The zero-order valence-electron chi connectivity index (χ0n) is 18.2. The number of rotatable bonds is 11. The molecule has 0 aliphatic carbocycles. The van der Waals surface area contributed by atoms with Crippen LogP contribution in [-0.4, -0.2) is 38.0 Å². The van der Waals surface area contributed by atoms with E-state index >= 15 is 0 Å². The molecule has 3 rings (SSSR count). The molecule has 168 valence electrons. The molecule has 2 aromatic carbocycles. The summed E-state index contributed by atoms with van der Waals surface area (Å²) in [7, 11) is 3.22. The fourth-order valence-electron chi connectivity index (χ4n) is 2.77. The van der Waals surface area contributed by atoms with Gasteiger partial charge in [0, 0.05) is 5.38 Å². The second kappa shape index (κ2) is 11.7. The highest BCUT2D eigenvalue weighted by Gasteiger charge is 2.09. The maximum absolute atomic E-state index is 11.5. The van der Waals surface area contributed by atoms with Crippen molar-refractivity contribution in [1.29, 1.82) is 0 Å². The number of aromatic nitrogens is 1. The van der Waals surface area contributed by atoms with Crippen LogP contribution in [0.5, 0.6) is 17.2 Å². The van der Waals surface area contributed by atoms with Crippen LogP contribution in [-0.2, 0) is 22.6 Å². The van der Waals surface area contributed by atoms with E-state index in [9.17, 15) is 4.79 Å². The van der Waals surface area contributed by atoms with E-state index in [1.54, 1.807) is 32.7 Å². The van der Waals surface area contributed by atoms with Crippen LogP contribution in [0.25, 0.3) is 0 Å². The van der Waals surface area contributed by atoms with Crippen molar-refractivity contribution >= 4 is 28.7 Å².